The van der Waals surface area contributed by atoms with Crippen molar-refractivity contribution in [2.45, 2.75) is 25.9 Å². The molecular weight excluding hydrogens is 367 g/mol. The molecule has 3 aromatic rings. The molecule has 1 atom stereocenters. The lowest BCUT2D eigenvalue weighted by Gasteiger charge is -2.38. The van der Waals surface area contributed by atoms with Crippen molar-refractivity contribution in [2.75, 3.05) is 20.8 Å². The summed E-state index contributed by atoms with van der Waals surface area (Å²) in [6.07, 6.45) is 4.55. The third-order valence-electron chi connectivity index (χ3n) is 5.68. The van der Waals surface area contributed by atoms with E-state index in [2.05, 4.69) is 16.8 Å². The molecule has 29 heavy (non-hydrogen) atoms. The van der Waals surface area contributed by atoms with E-state index in [1.807, 2.05) is 42.7 Å². The van der Waals surface area contributed by atoms with Crippen molar-refractivity contribution >= 4 is 0 Å². The molecule has 0 amide bonds. The van der Waals surface area contributed by atoms with Crippen LogP contribution in [0.2, 0.25) is 0 Å². The van der Waals surface area contributed by atoms with Crippen LogP contribution >= 0.6 is 0 Å². The largest absolute Gasteiger partial charge is 0.493 e. The van der Waals surface area contributed by atoms with Gasteiger partial charge in [0.2, 0.25) is 0 Å². The Morgan fingerprint density at radius 3 is 2.55 bits per heavy atom. The Kier molecular flexibility index (Phi) is 5.49. The first-order chi connectivity index (χ1) is 14.1. The Labute approximate surface area is 170 Å². The maximum Gasteiger partial charge on any atom is 0.161 e. The molecule has 150 valence electrons. The fraction of sp³-hybridized carbons (Fsp3) is 0.292. The lowest BCUT2D eigenvalue weighted by atomic mass is 9.87. The molecule has 1 aromatic heterocycles. The third-order valence-corrected chi connectivity index (χ3v) is 5.68. The Bertz CT molecular complexity index is 1020. The predicted molar refractivity (Wildman–Crippen MR) is 111 cm³/mol. The molecule has 2 aromatic carbocycles. The van der Waals surface area contributed by atoms with Crippen LogP contribution in [0.1, 0.15) is 33.9 Å². The number of aryl methyl sites for hydroxylation is 1. The van der Waals surface area contributed by atoms with Crippen LogP contribution in [-0.4, -0.2) is 30.6 Å². The van der Waals surface area contributed by atoms with Crippen LogP contribution in [0.4, 0.5) is 4.39 Å². The van der Waals surface area contributed by atoms with Gasteiger partial charge in [0.05, 0.1) is 20.3 Å². The van der Waals surface area contributed by atoms with E-state index in [1.165, 1.54) is 17.2 Å². The predicted octanol–water partition coefficient (Wildman–Crippen LogP) is 4.69. The van der Waals surface area contributed by atoms with Crippen LogP contribution in [0.25, 0.3) is 0 Å². The van der Waals surface area contributed by atoms with E-state index in [1.54, 1.807) is 20.3 Å². The summed E-state index contributed by atoms with van der Waals surface area (Å²) in [6, 6.07) is 12.9. The number of pyridine rings is 1. The number of aromatic nitrogens is 1. The summed E-state index contributed by atoms with van der Waals surface area (Å²) in [6.45, 7) is 3.61. The number of fused-ring (bicyclic) bond motifs is 1. The molecule has 5 heteroatoms. The van der Waals surface area contributed by atoms with E-state index in [0.717, 1.165) is 30.6 Å². The quantitative estimate of drug-likeness (QED) is 0.631. The van der Waals surface area contributed by atoms with E-state index in [0.29, 0.717) is 17.1 Å². The second-order valence-electron chi connectivity index (χ2n) is 7.35. The SMILES string of the molecule is COc1cc2c(cc1OC)[C@@H](c1ccccc1F)N(Cc1ccncc1C)CC2. The second-order valence-corrected chi connectivity index (χ2v) is 7.35. The minimum Gasteiger partial charge on any atom is -0.493 e. The number of rotatable bonds is 5. The van der Waals surface area contributed by atoms with E-state index in [9.17, 15) is 4.39 Å². The molecule has 1 aliphatic rings. The first-order valence-corrected chi connectivity index (χ1v) is 9.75. The second kappa shape index (κ2) is 8.21. The lowest BCUT2D eigenvalue weighted by Crippen LogP contribution is -2.36. The highest BCUT2D eigenvalue weighted by molar-refractivity contribution is 5.52. The van der Waals surface area contributed by atoms with Gasteiger partial charge in [-0.1, -0.05) is 18.2 Å². The van der Waals surface area contributed by atoms with E-state index in [4.69, 9.17) is 9.47 Å². The summed E-state index contributed by atoms with van der Waals surface area (Å²) >= 11 is 0. The van der Waals surface area contributed by atoms with Crippen molar-refractivity contribution in [3.05, 3.63) is 88.5 Å². The van der Waals surface area contributed by atoms with Gasteiger partial charge in [-0.15, -0.1) is 0 Å². The number of ether oxygens (including phenoxy) is 2. The van der Waals surface area contributed by atoms with Gasteiger partial charge in [0.15, 0.2) is 11.5 Å². The molecule has 0 fully saturated rings. The Hall–Kier alpha value is -2.92. The lowest BCUT2D eigenvalue weighted by molar-refractivity contribution is 0.199. The first-order valence-electron chi connectivity index (χ1n) is 9.75. The average molecular weight is 392 g/mol. The average Bonchev–Trinajstić information content (AvgIpc) is 2.75. The summed E-state index contributed by atoms with van der Waals surface area (Å²) in [5.41, 5.74) is 5.24. The number of hydrogen-bond acceptors (Lipinski definition) is 4. The zero-order valence-electron chi connectivity index (χ0n) is 17.0. The Morgan fingerprint density at radius 2 is 1.83 bits per heavy atom. The molecule has 4 nitrogen and oxygen atoms in total. The molecule has 0 saturated heterocycles. The molecule has 0 saturated carbocycles. The van der Waals surface area contributed by atoms with Gasteiger partial charge in [0, 0.05) is 31.0 Å². The maximum atomic E-state index is 14.9. The van der Waals surface area contributed by atoms with Crippen LogP contribution in [-0.2, 0) is 13.0 Å². The molecule has 4 rings (SSSR count). The van der Waals surface area contributed by atoms with E-state index < -0.39 is 0 Å². The molecule has 2 heterocycles. The minimum absolute atomic E-state index is 0.198. The monoisotopic (exact) mass is 392 g/mol. The van der Waals surface area contributed by atoms with Gasteiger partial charge in [-0.05, 0) is 59.9 Å². The van der Waals surface area contributed by atoms with Crippen molar-refractivity contribution in [2.24, 2.45) is 0 Å². The highest BCUT2D eigenvalue weighted by Gasteiger charge is 2.32. The Balaban J connectivity index is 1.83. The van der Waals surface area contributed by atoms with Gasteiger partial charge in [-0.25, -0.2) is 4.39 Å². The maximum absolute atomic E-state index is 14.9. The van der Waals surface area contributed by atoms with Gasteiger partial charge >= 0.3 is 0 Å². The van der Waals surface area contributed by atoms with Gasteiger partial charge in [-0.3, -0.25) is 9.88 Å². The molecule has 0 radical (unpaired) electrons. The summed E-state index contributed by atoms with van der Waals surface area (Å²) in [5.74, 6) is 1.17. The molecule has 0 unspecified atom stereocenters. The minimum atomic E-state index is -0.202. The third kappa shape index (κ3) is 3.70. The zero-order valence-corrected chi connectivity index (χ0v) is 17.0. The van der Waals surface area contributed by atoms with Crippen LogP contribution in [0.3, 0.4) is 0 Å². The van der Waals surface area contributed by atoms with Crippen LogP contribution in [0, 0.1) is 12.7 Å². The fourth-order valence-electron chi connectivity index (χ4n) is 4.13. The van der Waals surface area contributed by atoms with Gasteiger partial charge in [0.25, 0.3) is 0 Å². The van der Waals surface area contributed by atoms with Gasteiger partial charge < -0.3 is 9.47 Å². The smallest absolute Gasteiger partial charge is 0.161 e. The van der Waals surface area contributed by atoms with Crippen LogP contribution < -0.4 is 9.47 Å². The molecule has 0 N–H and O–H groups in total. The van der Waals surface area contributed by atoms with Gasteiger partial charge in [-0.2, -0.15) is 0 Å². The standard InChI is InChI=1S/C24H25FN2O2/c1-16-14-26-10-8-18(16)15-27-11-9-17-12-22(28-2)23(29-3)13-20(17)24(27)19-6-4-5-7-21(19)25/h4-8,10,12-14,24H,9,11,15H2,1-3H3/t24-/m1/s1. The number of halogens is 1. The number of methoxy groups -OCH3 is 2. The van der Waals surface area contributed by atoms with Gasteiger partial charge in [0.1, 0.15) is 5.82 Å². The first kappa shape index (κ1) is 19.4. The van der Waals surface area contributed by atoms with E-state index in [-0.39, 0.29) is 11.9 Å². The normalized spacial score (nSPS) is 16.3. The molecule has 1 aliphatic heterocycles. The van der Waals surface area contributed by atoms with Crippen molar-refractivity contribution < 1.29 is 13.9 Å². The fourth-order valence-corrected chi connectivity index (χ4v) is 4.13. The molecule has 0 aliphatic carbocycles. The Morgan fingerprint density at radius 1 is 1.07 bits per heavy atom. The van der Waals surface area contributed by atoms with Crippen LogP contribution in [0.5, 0.6) is 11.5 Å². The number of hydrogen-bond donors (Lipinski definition) is 0. The van der Waals surface area contributed by atoms with Crippen LogP contribution in [0.15, 0.2) is 54.9 Å². The number of benzene rings is 2. The summed E-state index contributed by atoms with van der Waals surface area (Å²) in [4.78, 5) is 6.53. The number of nitrogens with zero attached hydrogens (tertiary/aromatic N) is 2. The van der Waals surface area contributed by atoms with E-state index >= 15 is 0 Å². The highest BCUT2D eigenvalue weighted by atomic mass is 19.1. The molecule has 0 bridgehead atoms. The molecule has 0 spiro atoms. The topological polar surface area (TPSA) is 34.6 Å². The summed E-state index contributed by atoms with van der Waals surface area (Å²) in [5, 5.41) is 0. The van der Waals surface area contributed by atoms with Crippen molar-refractivity contribution in [1.82, 2.24) is 9.88 Å². The summed E-state index contributed by atoms with van der Waals surface area (Å²) in [7, 11) is 3.27. The van der Waals surface area contributed by atoms with Crippen molar-refractivity contribution in [3.63, 3.8) is 0 Å². The van der Waals surface area contributed by atoms with Crippen molar-refractivity contribution in [1.29, 1.82) is 0 Å². The zero-order chi connectivity index (χ0) is 20.4. The highest BCUT2D eigenvalue weighted by Crippen LogP contribution is 2.42. The molecular formula is C24H25FN2O2. The summed E-state index contributed by atoms with van der Waals surface area (Å²) < 4.78 is 25.9. The van der Waals surface area contributed by atoms with Crippen molar-refractivity contribution in [3.8, 4) is 11.5 Å².